The van der Waals surface area contributed by atoms with Gasteiger partial charge in [0.1, 0.15) is 0 Å². The van der Waals surface area contributed by atoms with Gasteiger partial charge in [-0.25, -0.2) is 0 Å². The van der Waals surface area contributed by atoms with E-state index in [9.17, 15) is 4.79 Å². The van der Waals surface area contributed by atoms with Crippen molar-refractivity contribution in [3.63, 3.8) is 0 Å². The molecule has 0 saturated carbocycles. The Bertz CT molecular complexity index is 560. The summed E-state index contributed by atoms with van der Waals surface area (Å²) >= 11 is 0. The molecule has 0 spiro atoms. The highest BCUT2D eigenvalue weighted by molar-refractivity contribution is 5.85. The van der Waals surface area contributed by atoms with Gasteiger partial charge in [0.25, 0.3) is 0 Å². The highest BCUT2D eigenvalue weighted by Crippen LogP contribution is 2.25. The lowest BCUT2D eigenvalue weighted by Crippen LogP contribution is -2.47. The first kappa shape index (κ1) is 17.2. The van der Waals surface area contributed by atoms with Crippen LogP contribution in [0.1, 0.15) is 18.1 Å². The SMILES string of the molecule is C[C@](Cc1ccccc1)(NC(=O)CN)c1ccccc1.Cl. The third-order valence-electron chi connectivity index (χ3n) is 3.41. The minimum Gasteiger partial charge on any atom is -0.345 e. The zero-order chi connectivity index (χ0) is 14.4. The number of nitrogens with one attached hydrogen (secondary N) is 1. The lowest BCUT2D eigenvalue weighted by molar-refractivity contribution is -0.121. The summed E-state index contributed by atoms with van der Waals surface area (Å²) in [6.07, 6.45) is 0.726. The topological polar surface area (TPSA) is 55.1 Å². The molecular formula is C17H21ClN2O. The summed E-state index contributed by atoms with van der Waals surface area (Å²) < 4.78 is 0. The maximum atomic E-state index is 11.8. The molecule has 0 aliphatic carbocycles. The predicted octanol–water partition coefficient (Wildman–Crippen LogP) is 2.64. The molecule has 1 atom stereocenters. The number of amides is 1. The van der Waals surface area contributed by atoms with E-state index in [2.05, 4.69) is 17.4 Å². The van der Waals surface area contributed by atoms with E-state index < -0.39 is 5.54 Å². The maximum absolute atomic E-state index is 11.8. The highest BCUT2D eigenvalue weighted by atomic mass is 35.5. The molecule has 0 unspecified atom stereocenters. The van der Waals surface area contributed by atoms with Gasteiger partial charge in [0, 0.05) is 0 Å². The van der Waals surface area contributed by atoms with E-state index in [1.165, 1.54) is 5.56 Å². The van der Waals surface area contributed by atoms with E-state index in [4.69, 9.17) is 5.73 Å². The van der Waals surface area contributed by atoms with Gasteiger partial charge in [-0.2, -0.15) is 0 Å². The Hall–Kier alpha value is -1.84. The molecule has 0 fully saturated rings. The second kappa shape index (κ2) is 7.81. The molecule has 0 saturated heterocycles. The lowest BCUT2D eigenvalue weighted by Gasteiger charge is -2.31. The third kappa shape index (κ3) is 4.59. The van der Waals surface area contributed by atoms with E-state index >= 15 is 0 Å². The predicted molar refractivity (Wildman–Crippen MR) is 88.4 cm³/mol. The fourth-order valence-electron chi connectivity index (χ4n) is 2.39. The summed E-state index contributed by atoms with van der Waals surface area (Å²) in [6.45, 7) is 2.03. The number of nitrogens with two attached hydrogens (primary N) is 1. The summed E-state index contributed by atoms with van der Waals surface area (Å²) in [5, 5.41) is 3.04. The van der Waals surface area contributed by atoms with Crippen LogP contribution in [0.2, 0.25) is 0 Å². The second-order valence-electron chi connectivity index (χ2n) is 5.11. The molecule has 112 valence electrons. The van der Waals surface area contributed by atoms with Gasteiger partial charge < -0.3 is 11.1 Å². The fourth-order valence-corrected chi connectivity index (χ4v) is 2.39. The van der Waals surface area contributed by atoms with Gasteiger partial charge in [-0.3, -0.25) is 4.79 Å². The molecule has 0 aromatic heterocycles. The van der Waals surface area contributed by atoms with E-state index in [0.717, 1.165) is 12.0 Å². The molecule has 21 heavy (non-hydrogen) atoms. The van der Waals surface area contributed by atoms with Crippen molar-refractivity contribution < 1.29 is 4.79 Å². The molecule has 0 radical (unpaired) electrons. The Labute approximate surface area is 132 Å². The van der Waals surface area contributed by atoms with Crippen LogP contribution in [0.5, 0.6) is 0 Å². The van der Waals surface area contributed by atoms with E-state index in [1.807, 2.05) is 55.5 Å². The van der Waals surface area contributed by atoms with Gasteiger partial charge in [0.2, 0.25) is 5.91 Å². The summed E-state index contributed by atoms with van der Waals surface area (Å²) in [5.41, 5.74) is 7.23. The first-order valence-corrected chi connectivity index (χ1v) is 6.74. The number of carbonyl (C=O) groups is 1. The van der Waals surface area contributed by atoms with Crippen molar-refractivity contribution in [1.29, 1.82) is 0 Å². The molecule has 2 aromatic carbocycles. The monoisotopic (exact) mass is 304 g/mol. The number of halogens is 1. The fraction of sp³-hybridized carbons (Fsp3) is 0.235. The van der Waals surface area contributed by atoms with Crippen LogP contribution < -0.4 is 11.1 Å². The molecule has 0 bridgehead atoms. The van der Waals surface area contributed by atoms with Gasteiger partial charge in [-0.15, -0.1) is 12.4 Å². The van der Waals surface area contributed by atoms with Crippen LogP contribution in [-0.4, -0.2) is 12.5 Å². The van der Waals surface area contributed by atoms with Gasteiger partial charge >= 0.3 is 0 Å². The van der Waals surface area contributed by atoms with Gasteiger partial charge in [0.15, 0.2) is 0 Å². The molecule has 1 amide bonds. The summed E-state index contributed by atoms with van der Waals surface area (Å²) in [6, 6.07) is 20.1. The van der Waals surface area contributed by atoms with Crippen LogP contribution in [0.25, 0.3) is 0 Å². The van der Waals surface area contributed by atoms with Crippen molar-refractivity contribution >= 4 is 18.3 Å². The number of benzene rings is 2. The minimum atomic E-state index is -0.459. The normalized spacial score (nSPS) is 12.9. The summed E-state index contributed by atoms with van der Waals surface area (Å²) in [5.74, 6) is -0.146. The van der Waals surface area contributed by atoms with Crippen LogP contribution in [0.4, 0.5) is 0 Å². The molecule has 2 rings (SSSR count). The molecule has 0 heterocycles. The second-order valence-corrected chi connectivity index (χ2v) is 5.11. The van der Waals surface area contributed by atoms with Crippen molar-refractivity contribution in [3.8, 4) is 0 Å². The van der Waals surface area contributed by atoms with Crippen LogP contribution in [-0.2, 0) is 16.8 Å². The van der Waals surface area contributed by atoms with Crippen molar-refractivity contribution in [3.05, 3.63) is 71.8 Å². The lowest BCUT2D eigenvalue weighted by atomic mass is 9.85. The molecule has 3 nitrogen and oxygen atoms in total. The zero-order valence-electron chi connectivity index (χ0n) is 12.1. The molecule has 3 N–H and O–H groups in total. The molecule has 2 aromatic rings. The Morgan fingerprint density at radius 2 is 1.57 bits per heavy atom. The molecule has 0 aliphatic heterocycles. The van der Waals surface area contributed by atoms with Crippen LogP contribution in [0.3, 0.4) is 0 Å². The molecule has 4 heteroatoms. The van der Waals surface area contributed by atoms with Crippen LogP contribution >= 0.6 is 12.4 Å². The van der Waals surface area contributed by atoms with Crippen molar-refractivity contribution in [2.24, 2.45) is 5.73 Å². The summed E-state index contributed by atoms with van der Waals surface area (Å²) in [7, 11) is 0. The largest absolute Gasteiger partial charge is 0.345 e. The smallest absolute Gasteiger partial charge is 0.234 e. The average Bonchev–Trinajstić information content (AvgIpc) is 2.49. The number of carbonyl (C=O) groups excluding carboxylic acids is 1. The van der Waals surface area contributed by atoms with E-state index in [-0.39, 0.29) is 24.9 Å². The third-order valence-corrected chi connectivity index (χ3v) is 3.41. The Morgan fingerprint density at radius 1 is 1.05 bits per heavy atom. The Morgan fingerprint density at radius 3 is 2.10 bits per heavy atom. The molecule has 0 aliphatic rings. The maximum Gasteiger partial charge on any atom is 0.234 e. The Balaban J connectivity index is 0.00000220. The van der Waals surface area contributed by atoms with E-state index in [0.29, 0.717) is 0 Å². The first-order chi connectivity index (χ1) is 9.64. The van der Waals surface area contributed by atoms with Gasteiger partial charge in [0.05, 0.1) is 12.1 Å². The van der Waals surface area contributed by atoms with Crippen LogP contribution in [0, 0.1) is 0 Å². The van der Waals surface area contributed by atoms with Crippen molar-refractivity contribution in [2.75, 3.05) is 6.54 Å². The van der Waals surface area contributed by atoms with Gasteiger partial charge in [-0.05, 0) is 24.5 Å². The number of hydrogen-bond acceptors (Lipinski definition) is 2. The number of hydrogen-bond donors (Lipinski definition) is 2. The van der Waals surface area contributed by atoms with Gasteiger partial charge in [-0.1, -0.05) is 60.7 Å². The highest BCUT2D eigenvalue weighted by Gasteiger charge is 2.28. The standard InChI is InChI=1S/C17H20N2O.ClH/c1-17(19-16(20)13-18,15-10-6-3-7-11-15)12-14-8-4-2-5-9-14;/h2-11H,12-13,18H2,1H3,(H,19,20);1H/t17-;/m1./s1. The zero-order valence-corrected chi connectivity index (χ0v) is 12.9. The van der Waals surface area contributed by atoms with E-state index in [1.54, 1.807) is 0 Å². The Kier molecular flexibility index (Phi) is 6.40. The quantitative estimate of drug-likeness (QED) is 0.892. The van der Waals surface area contributed by atoms with Crippen molar-refractivity contribution in [1.82, 2.24) is 5.32 Å². The number of rotatable bonds is 5. The average molecular weight is 305 g/mol. The molecular weight excluding hydrogens is 284 g/mol. The minimum absolute atomic E-state index is 0. The van der Waals surface area contributed by atoms with Crippen LogP contribution in [0.15, 0.2) is 60.7 Å². The summed E-state index contributed by atoms with van der Waals surface area (Å²) in [4.78, 5) is 11.8. The van der Waals surface area contributed by atoms with Crippen molar-refractivity contribution in [2.45, 2.75) is 18.9 Å². The first-order valence-electron chi connectivity index (χ1n) is 6.74.